The molecule has 3 rings (SSSR count). The summed E-state index contributed by atoms with van der Waals surface area (Å²) in [5, 5.41) is 11.2. The zero-order valence-electron chi connectivity index (χ0n) is 15.4. The Morgan fingerprint density at radius 3 is 2.65 bits per heavy atom. The summed E-state index contributed by atoms with van der Waals surface area (Å²) in [6.45, 7) is 3.62. The quantitative estimate of drug-likeness (QED) is 0.665. The van der Waals surface area contributed by atoms with Crippen molar-refractivity contribution < 1.29 is 4.79 Å². The summed E-state index contributed by atoms with van der Waals surface area (Å²) in [6, 6.07) is 8.26. The van der Waals surface area contributed by atoms with Crippen LogP contribution in [0.5, 0.6) is 0 Å². The predicted molar refractivity (Wildman–Crippen MR) is 104 cm³/mol. The Hall–Kier alpha value is -1.89. The second-order valence-electron chi connectivity index (χ2n) is 6.69. The van der Waals surface area contributed by atoms with Crippen molar-refractivity contribution >= 4 is 17.7 Å². The topological polar surface area (TPSA) is 63.9 Å². The highest BCUT2D eigenvalue weighted by Crippen LogP contribution is 2.24. The summed E-state index contributed by atoms with van der Waals surface area (Å²) in [7, 11) is 0. The molecule has 1 amide bonds. The average molecular weight is 374 g/mol. The number of hydrogen-bond acceptors (Lipinski definition) is 5. The highest BCUT2D eigenvalue weighted by molar-refractivity contribution is 7.99. The molecule has 1 aromatic heterocycles. The Kier molecular flexibility index (Phi) is 7.05. The maximum absolute atomic E-state index is 13.1. The van der Waals surface area contributed by atoms with Crippen molar-refractivity contribution in [2.45, 2.75) is 51.6 Å². The first-order valence-corrected chi connectivity index (χ1v) is 10.6. The minimum Gasteiger partial charge on any atom is -0.335 e. The molecule has 26 heavy (non-hydrogen) atoms. The van der Waals surface area contributed by atoms with E-state index in [2.05, 4.69) is 27.3 Å². The Labute approximate surface area is 159 Å². The van der Waals surface area contributed by atoms with Crippen LogP contribution in [0.4, 0.5) is 0 Å². The van der Waals surface area contributed by atoms with Crippen molar-refractivity contribution in [1.29, 1.82) is 0 Å². The molecule has 140 valence electrons. The molecular formula is C19H27N5OS. The van der Waals surface area contributed by atoms with Crippen molar-refractivity contribution in [3.63, 3.8) is 0 Å². The smallest absolute Gasteiger partial charge is 0.254 e. The number of benzene rings is 1. The molecule has 6 nitrogen and oxygen atoms in total. The maximum atomic E-state index is 13.1. The van der Waals surface area contributed by atoms with E-state index in [4.69, 9.17) is 0 Å². The number of carbonyl (C=O) groups excluding carboxylic acids is 1. The lowest BCUT2D eigenvalue weighted by Crippen LogP contribution is -2.42. The van der Waals surface area contributed by atoms with Gasteiger partial charge >= 0.3 is 0 Å². The molecule has 0 aliphatic heterocycles. The first kappa shape index (κ1) is 18.9. The minimum absolute atomic E-state index is 0.169. The number of nitrogens with zero attached hydrogens (tertiary/aromatic N) is 5. The predicted octanol–water partition coefficient (Wildman–Crippen LogP) is 3.25. The Morgan fingerprint density at radius 2 is 2.00 bits per heavy atom. The standard InChI is InChI=1S/C19H27N5OS/c1-2-26-13-12-24(18-6-4-3-5-7-18)19(25)17-10-8-16(9-11-17)14-23-15-20-21-22-23/h8-11,15,18H,2-7,12-14H2,1H3. The van der Waals surface area contributed by atoms with Gasteiger partial charge in [-0.15, -0.1) is 5.10 Å². The summed E-state index contributed by atoms with van der Waals surface area (Å²) in [4.78, 5) is 15.3. The second kappa shape index (κ2) is 9.71. The Bertz CT molecular complexity index is 668. The fourth-order valence-electron chi connectivity index (χ4n) is 3.51. The average Bonchev–Trinajstić information content (AvgIpc) is 3.19. The van der Waals surface area contributed by atoms with Crippen molar-refractivity contribution in [3.8, 4) is 0 Å². The Morgan fingerprint density at radius 1 is 1.23 bits per heavy atom. The number of aromatic nitrogens is 4. The number of carbonyl (C=O) groups is 1. The lowest BCUT2D eigenvalue weighted by Gasteiger charge is -2.34. The number of tetrazole rings is 1. The summed E-state index contributed by atoms with van der Waals surface area (Å²) < 4.78 is 1.67. The molecule has 7 heteroatoms. The molecule has 0 radical (unpaired) electrons. The van der Waals surface area contributed by atoms with E-state index in [0.29, 0.717) is 12.6 Å². The molecule has 0 bridgehead atoms. The molecule has 0 N–H and O–H groups in total. The molecule has 0 spiro atoms. The number of amides is 1. The monoisotopic (exact) mass is 373 g/mol. The van der Waals surface area contributed by atoms with Gasteiger partial charge in [0.25, 0.3) is 5.91 Å². The van der Waals surface area contributed by atoms with Gasteiger partial charge in [0, 0.05) is 23.9 Å². The van der Waals surface area contributed by atoms with Crippen LogP contribution in [0, 0.1) is 0 Å². The zero-order valence-corrected chi connectivity index (χ0v) is 16.2. The molecule has 0 saturated heterocycles. The van der Waals surface area contributed by atoms with E-state index in [9.17, 15) is 4.79 Å². The van der Waals surface area contributed by atoms with Gasteiger partial charge in [0.15, 0.2) is 0 Å². The minimum atomic E-state index is 0.169. The SMILES string of the molecule is CCSCCN(C(=O)c1ccc(Cn2cnnn2)cc1)C1CCCCC1. The fourth-order valence-corrected chi connectivity index (χ4v) is 4.12. The van der Waals surface area contributed by atoms with Crippen molar-refractivity contribution in [1.82, 2.24) is 25.1 Å². The third-order valence-corrected chi connectivity index (χ3v) is 5.77. The highest BCUT2D eigenvalue weighted by atomic mass is 32.2. The zero-order chi connectivity index (χ0) is 18.2. The van der Waals surface area contributed by atoms with Gasteiger partial charge in [-0.05, 0) is 46.7 Å². The normalized spacial score (nSPS) is 15.1. The highest BCUT2D eigenvalue weighted by Gasteiger charge is 2.25. The summed E-state index contributed by atoms with van der Waals surface area (Å²) in [6.07, 6.45) is 7.64. The van der Waals surface area contributed by atoms with E-state index in [1.807, 2.05) is 36.0 Å². The van der Waals surface area contributed by atoms with E-state index in [1.54, 1.807) is 11.0 Å². The van der Waals surface area contributed by atoms with Gasteiger partial charge < -0.3 is 4.90 Å². The van der Waals surface area contributed by atoms with E-state index >= 15 is 0 Å². The van der Waals surface area contributed by atoms with Crippen LogP contribution in [-0.4, -0.2) is 55.1 Å². The summed E-state index contributed by atoms with van der Waals surface area (Å²) in [5.74, 6) is 2.27. The van der Waals surface area contributed by atoms with Crippen LogP contribution < -0.4 is 0 Å². The van der Waals surface area contributed by atoms with Gasteiger partial charge in [0.1, 0.15) is 6.33 Å². The lowest BCUT2D eigenvalue weighted by molar-refractivity contribution is 0.0650. The second-order valence-corrected chi connectivity index (χ2v) is 8.09. The molecule has 0 unspecified atom stereocenters. The molecule has 1 saturated carbocycles. The molecule has 2 aromatic rings. The van der Waals surface area contributed by atoms with Gasteiger partial charge in [-0.25, -0.2) is 4.68 Å². The largest absolute Gasteiger partial charge is 0.335 e. The van der Waals surface area contributed by atoms with Gasteiger partial charge in [-0.3, -0.25) is 4.79 Å². The first-order valence-electron chi connectivity index (χ1n) is 9.46. The van der Waals surface area contributed by atoms with Crippen LogP contribution in [0.3, 0.4) is 0 Å². The third kappa shape index (κ3) is 5.06. The van der Waals surface area contributed by atoms with E-state index < -0.39 is 0 Å². The van der Waals surface area contributed by atoms with Crippen molar-refractivity contribution in [2.24, 2.45) is 0 Å². The van der Waals surface area contributed by atoms with Gasteiger partial charge in [-0.2, -0.15) is 11.8 Å². The number of rotatable bonds is 8. The summed E-state index contributed by atoms with van der Waals surface area (Å²) >= 11 is 1.90. The molecule has 1 aromatic carbocycles. The van der Waals surface area contributed by atoms with Crippen LogP contribution in [-0.2, 0) is 6.54 Å². The van der Waals surface area contributed by atoms with Crippen LogP contribution >= 0.6 is 11.8 Å². The van der Waals surface area contributed by atoms with Gasteiger partial charge in [-0.1, -0.05) is 38.3 Å². The van der Waals surface area contributed by atoms with Crippen molar-refractivity contribution in [2.75, 3.05) is 18.1 Å². The van der Waals surface area contributed by atoms with Gasteiger partial charge in [0.2, 0.25) is 0 Å². The molecule has 1 heterocycles. The summed E-state index contributed by atoms with van der Waals surface area (Å²) in [5.41, 5.74) is 1.86. The van der Waals surface area contributed by atoms with Crippen LogP contribution in [0.15, 0.2) is 30.6 Å². The van der Waals surface area contributed by atoms with E-state index in [0.717, 1.165) is 42.0 Å². The molecule has 1 aliphatic rings. The molecule has 0 atom stereocenters. The van der Waals surface area contributed by atoms with Gasteiger partial charge in [0.05, 0.1) is 6.54 Å². The molecular weight excluding hydrogens is 346 g/mol. The van der Waals surface area contributed by atoms with Crippen LogP contribution in [0.25, 0.3) is 0 Å². The molecule has 1 aliphatic carbocycles. The molecule has 1 fully saturated rings. The first-order chi connectivity index (χ1) is 12.8. The number of hydrogen-bond donors (Lipinski definition) is 0. The maximum Gasteiger partial charge on any atom is 0.254 e. The lowest BCUT2D eigenvalue weighted by atomic mass is 9.93. The fraction of sp³-hybridized carbons (Fsp3) is 0.579. The van der Waals surface area contributed by atoms with E-state index in [-0.39, 0.29) is 5.91 Å². The Balaban J connectivity index is 1.68. The van der Waals surface area contributed by atoms with Crippen LogP contribution in [0.1, 0.15) is 54.9 Å². The van der Waals surface area contributed by atoms with Crippen LogP contribution in [0.2, 0.25) is 0 Å². The number of thioether (sulfide) groups is 1. The van der Waals surface area contributed by atoms with Crippen molar-refractivity contribution in [3.05, 3.63) is 41.7 Å². The van der Waals surface area contributed by atoms with E-state index in [1.165, 1.54) is 19.3 Å². The third-order valence-electron chi connectivity index (χ3n) is 4.89.